The van der Waals surface area contributed by atoms with Crippen LogP contribution >= 0.6 is 0 Å². The molecule has 6 heteroatoms. The molecule has 2 amide bonds. The van der Waals surface area contributed by atoms with Crippen molar-refractivity contribution in [3.05, 3.63) is 0 Å². The van der Waals surface area contributed by atoms with Crippen molar-refractivity contribution in [2.24, 2.45) is 23.2 Å². The van der Waals surface area contributed by atoms with E-state index in [-0.39, 0.29) is 36.4 Å². The molecule has 0 heterocycles. The van der Waals surface area contributed by atoms with Gasteiger partial charge in [0.25, 0.3) is 5.91 Å². The minimum Gasteiger partial charge on any atom is -0.456 e. The zero-order valence-electron chi connectivity index (χ0n) is 14.7. The molecule has 4 saturated carbocycles. The van der Waals surface area contributed by atoms with E-state index in [1.807, 2.05) is 0 Å². The molecule has 0 unspecified atom stereocenters. The Labute approximate surface area is 143 Å². The molecular formula is C18H28N2O4. The molecule has 4 rings (SSSR count). The summed E-state index contributed by atoms with van der Waals surface area (Å²) in [5.41, 5.74) is 0.128. The first-order chi connectivity index (χ1) is 11.4. The molecule has 0 spiro atoms. The summed E-state index contributed by atoms with van der Waals surface area (Å²) in [6.45, 7) is -0.305. The number of nitrogens with one attached hydrogen (secondary N) is 1. The zero-order chi connectivity index (χ0) is 17.3. The third kappa shape index (κ3) is 3.73. The largest absolute Gasteiger partial charge is 0.456 e. The van der Waals surface area contributed by atoms with Gasteiger partial charge in [-0.1, -0.05) is 0 Å². The fourth-order valence-electron chi connectivity index (χ4n) is 5.50. The number of carbonyl (C=O) groups is 3. The Kier molecular flexibility index (Phi) is 4.83. The number of rotatable bonds is 6. The van der Waals surface area contributed by atoms with E-state index in [2.05, 4.69) is 5.32 Å². The molecule has 0 saturated heterocycles. The summed E-state index contributed by atoms with van der Waals surface area (Å²) >= 11 is 0. The van der Waals surface area contributed by atoms with Gasteiger partial charge in [-0.3, -0.25) is 14.4 Å². The van der Waals surface area contributed by atoms with Gasteiger partial charge in [0.05, 0.1) is 13.0 Å². The molecule has 134 valence electrons. The van der Waals surface area contributed by atoms with Crippen molar-refractivity contribution in [1.82, 2.24) is 10.2 Å². The first kappa shape index (κ1) is 17.2. The highest BCUT2D eigenvalue weighted by molar-refractivity contribution is 5.86. The van der Waals surface area contributed by atoms with Crippen LogP contribution in [0.5, 0.6) is 0 Å². The summed E-state index contributed by atoms with van der Waals surface area (Å²) in [6.07, 6.45) is 7.93. The Morgan fingerprint density at radius 2 is 1.62 bits per heavy atom. The summed E-state index contributed by atoms with van der Waals surface area (Å²) in [5.74, 6) is 1.53. The fraction of sp³-hybridized carbons (Fsp3) is 0.833. The first-order valence-corrected chi connectivity index (χ1v) is 8.99. The van der Waals surface area contributed by atoms with Crippen molar-refractivity contribution in [2.45, 2.75) is 44.9 Å². The minimum atomic E-state index is -0.350. The van der Waals surface area contributed by atoms with Crippen LogP contribution in [-0.4, -0.2) is 49.9 Å². The topological polar surface area (TPSA) is 75.7 Å². The lowest BCUT2D eigenvalue weighted by Crippen LogP contribution is -2.47. The SMILES string of the molecule is CNC(=O)CN(C)C(=O)COC(=O)CC12CC3CC(CC(C3)C1)C2. The summed E-state index contributed by atoms with van der Waals surface area (Å²) in [6, 6.07) is 0. The predicted octanol–water partition coefficient (Wildman–Crippen LogP) is 1.34. The van der Waals surface area contributed by atoms with Crippen LogP contribution in [-0.2, 0) is 19.1 Å². The lowest BCUT2D eigenvalue weighted by molar-refractivity contribution is -0.157. The van der Waals surface area contributed by atoms with Crippen molar-refractivity contribution < 1.29 is 19.1 Å². The van der Waals surface area contributed by atoms with E-state index in [1.54, 1.807) is 0 Å². The number of carbonyl (C=O) groups excluding carboxylic acids is 3. The quantitative estimate of drug-likeness (QED) is 0.743. The van der Waals surface area contributed by atoms with Crippen molar-refractivity contribution in [3.63, 3.8) is 0 Å². The first-order valence-electron chi connectivity index (χ1n) is 8.99. The molecule has 4 fully saturated rings. The second-order valence-corrected chi connectivity index (χ2v) is 8.18. The van der Waals surface area contributed by atoms with Crippen molar-refractivity contribution >= 4 is 17.8 Å². The van der Waals surface area contributed by atoms with E-state index < -0.39 is 0 Å². The van der Waals surface area contributed by atoms with Crippen LogP contribution in [0, 0.1) is 23.2 Å². The normalized spacial score (nSPS) is 33.2. The van der Waals surface area contributed by atoms with Gasteiger partial charge in [0.1, 0.15) is 0 Å². The van der Waals surface area contributed by atoms with Gasteiger partial charge in [0.15, 0.2) is 6.61 Å². The van der Waals surface area contributed by atoms with Gasteiger partial charge in [-0.2, -0.15) is 0 Å². The average Bonchev–Trinajstić information content (AvgIpc) is 2.50. The number of hydrogen-bond donors (Lipinski definition) is 1. The minimum absolute atomic E-state index is 0.0259. The van der Waals surface area contributed by atoms with Gasteiger partial charge in [-0.05, 0) is 61.7 Å². The highest BCUT2D eigenvalue weighted by atomic mass is 16.5. The second kappa shape index (κ2) is 6.73. The second-order valence-electron chi connectivity index (χ2n) is 8.18. The Morgan fingerprint density at radius 1 is 1.08 bits per heavy atom. The average molecular weight is 336 g/mol. The van der Waals surface area contributed by atoms with Crippen LogP contribution in [0.25, 0.3) is 0 Å². The van der Waals surface area contributed by atoms with Crippen molar-refractivity contribution in [2.75, 3.05) is 27.2 Å². The maximum atomic E-state index is 12.3. The number of ether oxygens (including phenoxy) is 1. The monoisotopic (exact) mass is 336 g/mol. The van der Waals surface area contributed by atoms with E-state index in [1.165, 1.54) is 38.3 Å². The van der Waals surface area contributed by atoms with Crippen LogP contribution in [0.3, 0.4) is 0 Å². The van der Waals surface area contributed by atoms with E-state index in [9.17, 15) is 14.4 Å². The number of hydrogen-bond acceptors (Lipinski definition) is 4. The highest BCUT2D eigenvalue weighted by Crippen LogP contribution is 2.61. The van der Waals surface area contributed by atoms with Gasteiger partial charge in [0.2, 0.25) is 5.91 Å². The molecule has 1 N–H and O–H groups in total. The van der Waals surface area contributed by atoms with Gasteiger partial charge in [0, 0.05) is 14.1 Å². The van der Waals surface area contributed by atoms with Crippen LogP contribution in [0.1, 0.15) is 44.9 Å². The van der Waals surface area contributed by atoms with Gasteiger partial charge in [-0.15, -0.1) is 0 Å². The van der Waals surface area contributed by atoms with Crippen molar-refractivity contribution in [1.29, 1.82) is 0 Å². The number of esters is 1. The molecule has 4 aliphatic rings. The zero-order valence-corrected chi connectivity index (χ0v) is 14.7. The van der Waals surface area contributed by atoms with E-state index in [0.717, 1.165) is 37.0 Å². The fourth-order valence-corrected chi connectivity index (χ4v) is 5.50. The molecule has 0 atom stereocenters. The van der Waals surface area contributed by atoms with Crippen molar-refractivity contribution in [3.8, 4) is 0 Å². The number of likely N-dealkylation sites (N-methyl/N-ethyl adjacent to an activating group) is 2. The number of nitrogens with zero attached hydrogens (tertiary/aromatic N) is 1. The number of amides is 2. The lowest BCUT2D eigenvalue weighted by atomic mass is 9.49. The summed E-state index contributed by atoms with van der Waals surface area (Å²) < 4.78 is 5.22. The van der Waals surface area contributed by atoms with E-state index >= 15 is 0 Å². The molecule has 4 aliphatic carbocycles. The Morgan fingerprint density at radius 3 is 2.12 bits per heavy atom. The maximum Gasteiger partial charge on any atom is 0.306 e. The Hall–Kier alpha value is -1.59. The Balaban J connectivity index is 1.46. The molecule has 0 aromatic rings. The molecule has 0 aromatic carbocycles. The molecule has 24 heavy (non-hydrogen) atoms. The van der Waals surface area contributed by atoms with Gasteiger partial charge in [-0.25, -0.2) is 0 Å². The van der Waals surface area contributed by atoms with Crippen LogP contribution in [0.2, 0.25) is 0 Å². The van der Waals surface area contributed by atoms with Crippen LogP contribution in [0.4, 0.5) is 0 Å². The summed E-state index contributed by atoms with van der Waals surface area (Å²) in [4.78, 5) is 36.7. The summed E-state index contributed by atoms with van der Waals surface area (Å²) in [5, 5.41) is 2.46. The highest BCUT2D eigenvalue weighted by Gasteiger charge is 2.51. The van der Waals surface area contributed by atoms with Crippen LogP contribution in [0.15, 0.2) is 0 Å². The van der Waals surface area contributed by atoms with Gasteiger partial charge < -0.3 is 15.0 Å². The standard InChI is InChI=1S/C18H28N2O4/c1-19-15(21)10-20(2)16(22)11-24-17(23)9-18-6-12-3-13(7-18)5-14(4-12)8-18/h12-14H,3-11H2,1-2H3,(H,19,21). The van der Waals surface area contributed by atoms with E-state index in [0.29, 0.717) is 6.42 Å². The van der Waals surface area contributed by atoms with E-state index in [4.69, 9.17) is 4.74 Å². The van der Waals surface area contributed by atoms with Gasteiger partial charge >= 0.3 is 5.97 Å². The molecule has 0 aliphatic heterocycles. The predicted molar refractivity (Wildman–Crippen MR) is 87.9 cm³/mol. The third-order valence-corrected chi connectivity index (χ3v) is 6.13. The maximum absolute atomic E-state index is 12.3. The third-order valence-electron chi connectivity index (χ3n) is 6.13. The molecule has 4 bridgehead atoms. The van der Waals surface area contributed by atoms with Crippen LogP contribution < -0.4 is 5.32 Å². The molecule has 6 nitrogen and oxygen atoms in total. The smallest absolute Gasteiger partial charge is 0.306 e. The molecular weight excluding hydrogens is 308 g/mol. The molecule has 0 radical (unpaired) electrons. The molecule has 0 aromatic heterocycles. The summed E-state index contributed by atoms with van der Waals surface area (Å²) in [7, 11) is 3.05. The lowest BCUT2D eigenvalue weighted by Gasteiger charge is -2.56. The Bertz CT molecular complexity index is 496.